The summed E-state index contributed by atoms with van der Waals surface area (Å²) in [7, 11) is 0. The Labute approximate surface area is 95.9 Å². The predicted octanol–water partition coefficient (Wildman–Crippen LogP) is 4.72. The highest BCUT2D eigenvalue weighted by atomic mass is 16.5. The quantitative estimate of drug-likeness (QED) is 0.356. The Morgan fingerprint density at radius 2 is 1.53 bits per heavy atom. The third-order valence-electron chi connectivity index (χ3n) is 2.57. The summed E-state index contributed by atoms with van der Waals surface area (Å²) in [4.78, 5) is 0. The van der Waals surface area contributed by atoms with E-state index >= 15 is 0 Å². The fourth-order valence-electron chi connectivity index (χ4n) is 1.51. The summed E-state index contributed by atoms with van der Waals surface area (Å²) in [6.45, 7) is 9.95. The van der Waals surface area contributed by atoms with E-state index < -0.39 is 0 Å². The number of unbranched alkanes of at least 4 members (excludes halogenated alkanes) is 6. The number of hydrogen-bond donors (Lipinski definition) is 0. The first-order valence-electron chi connectivity index (χ1n) is 6.49. The molecule has 0 fully saturated rings. The largest absolute Gasteiger partial charge is 0.381 e. The molecule has 0 atom stereocenters. The van der Waals surface area contributed by atoms with Crippen LogP contribution in [-0.4, -0.2) is 13.2 Å². The lowest BCUT2D eigenvalue weighted by atomic mass is 10.1. The molecule has 0 saturated heterocycles. The molecule has 1 nitrogen and oxygen atoms in total. The van der Waals surface area contributed by atoms with Crippen LogP contribution in [0.5, 0.6) is 0 Å². The molecule has 0 spiro atoms. The maximum Gasteiger partial charge on any atom is 0.0502 e. The fraction of sp³-hybridized carbons (Fsp3) is 0.857. The zero-order chi connectivity index (χ0) is 11.4. The van der Waals surface area contributed by atoms with E-state index in [0.29, 0.717) is 0 Å². The molecule has 0 aliphatic rings. The lowest BCUT2D eigenvalue weighted by molar-refractivity contribution is 0.133. The van der Waals surface area contributed by atoms with E-state index in [-0.39, 0.29) is 0 Å². The van der Waals surface area contributed by atoms with Crippen molar-refractivity contribution in [2.45, 2.75) is 65.2 Å². The molecule has 0 aliphatic carbocycles. The minimum Gasteiger partial charge on any atom is -0.381 e. The van der Waals surface area contributed by atoms with Gasteiger partial charge in [-0.2, -0.15) is 0 Å². The fourth-order valence-corrected chi connectivity index (χ4v) is 1.51. The summed E-state index contributed by atoms with van der Waals surface area (Å²) >= 11 is 0. The van der Waals surface area contributed by atoms with Crippen LogP contribution >= 0.6 is 0 Å². The van der Waals surface area contributed by atoms with E-state index in [2.05, 4.69) is 20.4 Å². The monoisotopic (exact) mass is 212 g/mol. The van der Waals surface area contributed by atoms with E-state index in [0.717, 1.165) is 19.6 Å². The minimum atomic E-state index is 0.852. The summed E-state index contributed by atoms with van der Waals surface area (Å²) in [6.07, 6.45) is 10.5. The first-order valence-corrected chi connectivity index (χ1v) is 6.49. The second kappa shape index (κ2) is 11.8. The Hall–Kier alpha value is -0.300. The van der Waals surface area contributed by atoms with Gasteiger partial charge in [-0.3, -0.25) is 0 Å². The topological polar surface area (TPSA) is 9.23 Å². The lowest BCUT2D eigenvalue weighted by Crippen LogP contribution is -1.97. The van der Waals surface area contributed by atoms with E-state index in [1.807, 2.05) is 0 Å². The highest BCUT2D eigenvalue weighted by Gasteiger charge is 1.92. The van der Waals surface area contributed by atoms with Crippen LogP contribution in [0.15, 0.2) is 12.2 Å². The molecule has 0 aromatic heterocycles. The van der Waals surface area contributed by atoms with Crippen molar-refractivity contribution in [1.29, 1.82) is 0 Å². The molecule has 0 heterocycles. The van der Waals surface area contributed by atoms with Crippen LogP contribution in [-0.2, 0) is 4.74 Å². The Morgan fingerprint density at radius 1 is 0.933 bits per heavy atom. The molecule has 0 aliphatic heterocycles. The van der Waals surface area contributed by atoms with Gasteiger partial charge < -0.3 is 4.74 Å². The molecule has 1 heteroatoms. The van der Waals surface area contributed by atoms with Crippen molar-refractivity contribution in [3.63, 3.8) is 0 Å². The van der Waals surface area contributed by atoms with Gasteiger partial charge >= 0.3 is 0 Å². The van der Waals surface area contributed by atoms with Crippen LogP contribution in [0.25, 0.3) is 0 Å². The van der Waals surface area contributed by atoms with Gasteiger partial charge in [-0.25, -0.2) is 0 Å². The number of rotatable bonds is 11. The second-order valence-corrected chi connectivity index (χ2v) is 4.44. The molecule has 0 amide bonds. The van der Waals surface area contributed by atoms with Gasteiger partial charge in [0.1, 0.15) is 0 Å². The molecule has 0 radical (unpaired) electrons. The molecule has 0 saturated carbocycles. The number of ether oxygens (including phenoxy) is 1. The second-order valence-electron chi connectivity index (χ2n) is 4.44. The smallest absolute Gasteiger partial charge is 0.0502 e. The normalized spacial score (nSPS) is 10.5. The Morgan fingerprint density at radius 3 is 2.13 bits per heavy atom. The molecule has 15 heavy (non-hydrogen) atoms. The molecule has 0 N–H and O–H groups in total. The molecule has 0 rings (SSSR count). The molecule has 0 aromatic carbocycles. The first-order chi connectivity index (χ1) is 7.27. The van der Waals surface area contributed by atoms with Gasteiger partial charge in [0.15, 0.2) is 0 Å². The molecular formula is C14H28O. The van der Waals surface area contributed by atoms with Crippen LogP contribution in [0.4, 0.5) is 0 Å². The van der Waals surface area contributed by atoms with Gasteiger partial charge in [-0.15, -0.1) is 6.58 Å². The van der Waals surface area contributed by atoms with Gasteiger partial charge in [0.05, 0.1) is 6.61 Å². The van der Waals surface area contributed by atoms with Crippen LogP contribution in [0, 0.1) is 0 Å². The van der Waals surface area contributed by atoms with Crippen LogP contribution in [0.2, 0.25) is 0 Å². The Kier molecular flexibility index (Phi) is 11.5. The maximum absolute atomic E-state index is 5.51. The van der Waals surface area contributed by atoms with Gasteiger partial charge in [0, 0.05) is 6.61 Å². The van der Waals surface area contributed by atoms with E-state index in [4.69, 9.17) is 4.74 Å². The van der Waals surface area contributed by atoms with E-state index in [9.17, 15) is 0 Å². The van der Waals surface area contributed by atoms with Crippen molar-refractivity contribution in [2.24, 2.45) is 0 Å². The van der Waals surface area contributed by atoms with Crippen molar-refractivity contribution < 1.29 is 4.74 Å². The van der Waals surface area contributed by atoms with Crippen LogP contribution < -0.4 is 0 Å². The van der Waals surface area contributed by atoms with Crippen molar-refractivity contribution >= 4 is 0 Å². The lowest BCUT2D eigenvalue weighted by Gasteiger charge is -2.04. The van der Waals surface area contributed by atoms with E-state index in [1.165, 1.54) is 50.5 Å². The van der Waals surface area contributed by atoms with Gasteiger partial charge in [0.25, 0.3) is 0 Å². The van der Waals surface area contributed by atoms with Crippen molar-refractivity contribution in [3.8, 4) is 0 Å². The summed E-state index contributed by atoms with van der Waals surface area (Å²) in [5, 5.41) is 0. The zero-order valence-corrected chi connectivity index (χ0v) is 10.7. The summed E-state index contributed by atoms with van der Waals surface area (Å²) in [6, 6.07) is 0. The van der Waals surface area contributed by atoms with E-state index in [1.54, 1.807) is 0 Å². The Balaban J connectivity index is 2.89. The summed E-state index contributed by atoms with van der Waals surface area (Å²) < 4.78 is 5.51. The molecule has 0 unspecified atom stereocenters. The predicted molar refractivity (Wildman–Crippen MR) is 68.2 cm³/mol. The van der Waals surface area contributed by atoms with Crippen molar-refractivity contribution in [1.82, 2.24) is 0 Å². The molecule has 0 bridgehead atoms. The minimum absolute atomic E-state index is 0.852. The van der Waals surface area contributed by atoms with Crippen molar-refractivity contribution in [3.05, 3.63) is 12.2 Å². The molecule has 90 valence electrons. The highest BCUT2D eigenvalue weighted by Crippen LogP contribution is 2.07. The molecular weight excluding hydrogens is 184 g/mol. The van der Waals surface area contributed by atoms with Crippen LogP contribution in [0.3, 0.4) is 0 Å². The summed E-state index contributed by atoms with van der Waals surface area (Å²) in [5.41, 5.74) is 1.22. The number of hydrogen-bond acceptors (Lipinski definition) is 1. The third kappa shape index (κ3) is 13.7. The Bertz CT molecular complexity index is 140. The highest BCUT2D eigenvalue weighted by molar-refractivity contribution is 4.86. The average Bonchev–Trinajstić information content (AvgIpc) is 2.20. The standard InChI is InChI=1S/C14H28O/c1-4-5-6-7-8-9-10-12-15-13-11-14(2)3/h2,4-13H2,1,3H3. The summed E-state index contributed by atoms with van der Waals surface area (Å²) in [5.74, 6) is 0. The van der Waals surface area contributed by atoms with Gasteiger partial charge in [0.2, 0.25) is 0 Å². The van der Waals surface area contributed by atoms with Gasteiger partial charge in [-0.1, -0.05) is 51.0 Å². The first kappa shape index (κ1) is 14.7. The molecule has 0 aromatic rings. The zero-order valence-electron chi connectivity index (χ0n) is 10.7. The third-order valence-corrected chi connectivity index (χ3v) is 2.57. The average molecular weight is 212 g/mol. The van der Waals surface area contributed by atoms with Gasteiger partial charge in [-0.05, 0) is 19.8 Å². The maximum atomic E-state index is 5.51. The van der Waals surface area contributed by atoms with Crippen LogP contribution in [0.1, 0.15) is 65.2 Å². The SMILES string of the molecule is C=C(C)CCOCCCCCCCCC. The van der Waals surface area contributed by atoms with Crippen molar-refractivity contribution in [2.75, 3.05) is 13.2 Å².